The van der Waals surface area contributed by atoms with Gasteiger partial charge in [0.05, 0.1) is 17.6 Å². The van der Waals surface area contributed by atoms with Crippen molar-refractivity contribution in [2.24, 2.45) is 5.41 Å². The first kappa shape index (κ1) is 11.8. The van der Waals surface area contributed by atoms with Gasteiger partial charge in [-0.3, -0.25) is 0 Å². The Morgan fingerprint density at radius 3 is 2.73 bits per heavy atom. The van der Waals surface area contributed by atoms with Crippen LogP contribution in [0.3, 0.4) is 0 Å². The fraction of sp³-hybridized carbons (Fsp3) is 0.583. The molecule has 1 heterocycles. The van der Waals surface area contributed by atoms with Crippen molar-refractivity contribution in [1.82, 2.24) is 4.57 Å². The number of aromatic nitrogens is 1. The Morgan fingerprint density at radius 2 is 2.27 bits per heavy atom. The van der Waals surface area contributed by atoms with Crippen molar-refractivity contribution in [2.75, 3.05) is 0 Å². The molecule has 1 unspecified atom stereocenters. The van der Waals surface area contributed by atoms with E-state index in [2.05, 4.69) is 6.07 Å². The van der Waals surface area contributed by atoms with Gasteiger partial charge in [-0.15, -0.1) is 0 Å². The molecular formula is C12H18N2O. The minimum Gasteiger partial charge on any atom is -0.389 e. The number of nitrogens with zero attached hydrogens (tertiary/aromatic N) is 2. The summed E-state index contributed by atoms with van der Waals surface area (Å²) in [6, 6.07) is 4.19. The number of hydrogen-bond acceptors (Lipinski definition) is 2. The van der Waals surface area contributed by atoms with E-state index in [1.807, 2.05) is 36.9 Å². The second-order valence-electron chi connectivity index (χ2n) is 4.60. The Morgan fingerprint density at radius 1 is 1.60 bits per heavy atom. The molecule has 1 N–H and O–H groups in total. The van der Waals surface area contributed by atoms with E-state index in [0.29, 0.717) is 0 Å². The van der Waals surface area contributed by atoms with Crippen LogP contribution in [0.15, 0.2) is 18.5 Å². The normalized spacial score (nSPS) is 13.5. The Labute approximate surface area is 91.0 Å². The van der Waals surface area contributed by atoms with E-state index in [-0.39, 0.29) is 5.41 Å². The second kappa shape index (κ2) is 4.50. The van der Waals surface area contributed by atoms with Gasteiger partial charge in [-0.1, -0.05) is 0 Å². The van der Waals surface area contributed by atoms with E-state index in [9.17, 15) is 5.11 Å². The van der Waals surface area contributed by atoms with Gasteiger partial charge in [-0.05, 0) is 38.8 Å². The summed E-state index contributed by atoms with van der Waals surface area (Å²) in [4.78, 5) is 0. The molecule has 0 bridgehead atoms. The molecule has 3 heteroatoms. The van der Waals surface area contributed by atoms with Crippen molar-refractivity contribution in [3.63, 3.8) is 0 Å². The standard InChI is InChI=1S/C12H18N2O/c1-10(15)11-4-6-14(8-11)7-5-12(2,3)9-13/h4,6,8,10,15H,5,7H2,1-3H3. The third-order valence-electron chi connectivity index (χ3n) is 2.55. The Balaban J connectivity index is 2.56. The van der Waals surface area contributed by atoms with Crippen LogP contribution in [-0.2, 0) is 6.54 Å². The molecule has 1 aromatic rings. The Hall–Kier alpha value is -1.27. The summed E-state index contributed by atoms with van der Waals surface area (Å²) in [7, 11) is 0. The van der Waals surface area contributed by atoms with Gasteiger partial charge in [0, 0.05) is 18.9 Å². The van der Waals surface area contributed by atoms with Gasteiger partial charge < -0.3 is 9.67 Å². The SMILES string of the molecule is CC(O)c1ccn(CCC(C)(C)C#N)c1. The minimum absolute atomic E-state index is 0.282. The topological polar surface area (TPSA) is 49.0 Å². The zero-order valence-corrected chi connectivity index (χ0v) is 9.57. The lowest BCUT2D eigenvalue weighted by Gasteiger charge is -2.14. The van der Waals surface area contributed by atoms with E-state index in [0.717, 1.165) is 18.5 Å². The van der Waals surface area contributed by atoms with Crippen LogP contribution in [0.4, 0.5) is 0 Å². The van der Waals surface area contributed by atoms with Crippen molar-refractivity contribution >= 4 is 0 Å². The molecule has 15 heavy (non-hydrogen) atoms. The van der Waals surface area contributed by atoms with E-state index in [1.54, 1.807) is 6.92 Å². The van der Waals surface area contributed by atoms with Crippen LogP contribution in [0.1, 0.15) is 38.9 Å². The van der Waals surface area contributed by atoms with E-state index in [4.69, 9.17) is 5.26 Å². The highest BCUT2D eigenvalue weighted by atomic mass is 16.3. The monoisotopic (exact) mass is 206 g/mol. The molecule has 0 aliphatic heterocycles. The van der Waals surface area contributed by atoms with Crippen molar-refractivity contribution in [2.45, 2.75) is 39.8 Å². The van der Waals surface area contributed by atoms with Gasteiger partial charge in [0.2, 0.25) is 0 Å². The molecule has 1 aromatic heterocycles. The Bertz CT molecular complexity index is 358. The fourth-order valence-electron chi connectivity index (χ4n) is 1.31. The number of nitriles is 1. The molecule has 0 amide bonds. The average molecular weight is 206 g/mol. The van der Waals surface area contributed by atoms with Crippen LogP contribution in [0.2, 0.25) is 0 Å². The molecule has 3 nitrogen and oxygen atoms in total. The van der Waals surface area contributed by atoms with Crippen molar-refractivity contribution in [3.8, 4) is 6.07 Å². The lowest BCUT2D eigenvalue weighted by molar-refractivity contribution is 0.199. The highest BCUT2D eigenvalue weighted by Crippen LogP contribution is 2.20. The highest BCUT2D eigenvalue weighted by Gasteiger charge is 2.16. The number of aryl methyl sites for hydroxylation is 1. The summed E-state index contributed by atoms with van der Waals surface area (Å²) in [6.45, 7) is 6.43. The maximum atomic E-state index is 9.35. The van der Waals surface area contributed by atoms with Crippen LogP contribution in [-0.4, -0.2) is 9.67 Å². The van der Waals surface area contributed by atoms with Gasteiger partial charge >= 0.3 is 0 Å². The molecule has 0 aliphatic carbocycles. The summed E-state index contributed by atoms with van der Waals surface area (Å²) >= 11 is 0. The lowest BCUT2D eigenvalue weighted by atomic mass is 9.91. The second-order valence-corrected chi connectivity index (χ2v) is 4.60. The zero-order chi connectivity index (χ0) is 11.5. The molecule has 0 aliphatic rings. The third kappa shape index (κ3) is 3.41. The Kier molecular flexibility index (Phi) is 3.54. The number of hydrogen-bond donors (Lipinski definition) is 1. The molecule has 82 valence electrons. The van der Waals surface area contributed by atoms with E-state index < -0.39 is 6.10 Å². The van der Waals surface area contributed by atoms with Crippen LogP contribution in [0, 0.1) is 16.7 Å². The van der Waals surface area contributed by atoms with Gasteiger partial charge in [0.15, 0.2) is 0 Å². The summed E-state index contributed by atoms with van der Waals surface area (Å²) in [6.07, 6.45) is 4.26. The first-order valence-corrected chi connectivity index (χ1v) is 5.19. The van der Waals surface area contributed by atoms with Crippen molar-refractivity contribution in [1.29, 1.82) is 5.26 Å². The summed E-state index contributed by atoms with van der Waals surface area (Å²) in [5, 5.41) is 18.2. The first-order valence-electron chi connectivity index (χ1n) is 5.19. The van der Waals surface area contributed by atoms with Gasteiger partial charge in [-0.25, -0.2) is 0 Å². The summed E-state index contributed by atoms with van der Waals surface area (Å²) < 4.78 is 2.02. The summed E-state index contributed by atoms with van der Waals surface area (Å²) in [5.74, 6) is 0. The molecule has 1 atom stereocenters. The molecule has 0 spiro atoms. The predicted octanol–water partition coefficient (Wildman–Crippen LogP) is 2.48. The molecular weight excluding hydrogens is 188 g/mol. The van der Waals surface area contributed by atoms with Crippen molar-refractivity contribution in [3.05, 3.63) is 24.0 Å². The largest absolute Gasteiger partial charge is 0.389 e. The highest BCUT2D eigenvalue weighted by molar-refractivity contribution is 5.12. The van der Waals surface area contributed by atoms with Gasteiger partial charge in [-0.2, -0.15) is 5.26 Å². The average Bonchev–Trinajstić information content (AvgIpc) is 2.63. The predicted molar refractivity (Wildman–Crippen MR) is 59.1 cm³/mol. The van der Waals surface area contributed by atoms with Crippen LogP contribution >= 0.6 is 0 Å². The van der Waals surface area contributed by atoms with E-state index in [1.165, 1.54) is 0 Å². The molecule has 0 fully saturated rings. The van der Waals surface area contributed by atoms with Gasteiger partial charge in [0.1, 0.15) is 0 Å². The lowest BCUT2D eigenvalue weighted by Crippen LogP contribution is -2.11. The smallest absolute Gasteiger partial charge is 0.0776 e. The maximum absolute atomic E-state index is 9.35. The maximum Gasteiger partial charge on any atom is 0.0776 e. The van der Waals surface area contributed by atoms with Crippen LogP contribution in [0.25, 0.3) is 0 Å². The number of aliphatic hydroxyl groups is 1. The van der Waals surface area contributed by atoms with Crippen LogP contribution < -0.4 is 0 Å². The summed E-state index contributed by atoms with van der Waals surface area (Å²) in [5.41, 5.74) is 0.639. The molecule has 0 radical (unpaired) electrons. The number of rotatable bonds is 4. The zero-order valence-electron chi connectivity index (χ0n) is 9.57. The molecule has 1 rings (SSSR count). The van der Waals surface area contributed by atoms with Crippen molar-refractivity contribution < 1.29 is 5.11 Å². The minimum atomic E-state index is -0.421. The first-order chi connectivity index (χ1) is 6.94. The van der Waals surface area contributed by atoms with E-state index >= 15 is 0 Å². The molecule has 0 saturated heterocycles. The quantitative estimate of drug-likeness (QED) is 0.822. The van der Waals surface area contributed by atoms with Gasteiger partial charge in [0.25, 0.3) is 0 Å². The molecule has 0 saturated carbocycles. The number of aliphatic hydroxyl groups excluding tert-OH is 1. The molecule has 0 aromatic carbocycles. The fourth-order valence-corrected chi connectivity index (χ4v) is 1.31. The third-order valence-corrected chi connectivity index (χ3v) is 2.55. The van der Waals surface area contributed by atoms with Crippen LogP contribution in [0.5, 0.6) is 0 Å².